The summed E-state index contributed by atoms with van der Waals surface area (Å²) in [5.74, 6) is 0.333. The van der Waals surface area contributed by atoms with Gasteiger partial charge in [0.1, 0.15) is 5.82 Å². The summed E-state index contributed by atoms with van der Waals surface area (Å²) in [6.07, 6.45) is 4.67. The normalized spacial score (nSPS) is 15.8. The van der Waals surface area contributed by atoms with Crippen molar-refractivity contribution in [1.29, 1.82) is 0 Å². The molecule has 1 aliphatic heterocycles. The zero-order valence-corrected chi connectivity index (χ0v) is 17.1. The van der Waals surface area contributed by atoms with E-state index >= 15 is 0 Å². The van der Waals surface area contributed by atoms with Gasteiger partial charge in [0.2, 0.25) is 0 Å². The lowest BCUT2D eigenvalue weighted by Gasteiger charge is -2.28. The van der Waals surface area contributed by atoms with Gasteiger partial charge in [-0.2, -0.15) is 5.10 Å². The zero-order valence-electron chi connectivity index (χ0n) is 17.1. The average Bonchev–Trinajstić information content (AvgIpc) is 3.39. The molecule has 1 N–H and O–H groups in total. The van der Waals surface area contributed by atoms with Gasteiger partial charge in [0.05, 0.1) is 30.8 Å². The first-order valence-electron chi connectivity index (χ1n) is 10.5. The van der Waals surface area contributed by atoms with Gasteiger partial charge >= 0.3 is 0 Å². The predicted molar refractivity (Wildman–Crippen MR) is 116 cm³/mol. The van der Waals surface area contributed by atoms with E-state index in [0.717, 1.165) is 68.2 Å². The highest BCUT2D eigenvalue weighted by Crippen LogP contribution is 2.28. The smallest absolute Gasteiger partial charge is 0.277 e. The van der Waals surface area contributed by atoms with Gasteiger partial charge in [-0.3, -0.25) is 4.79 Å². The van der Waals surface area contributed by atoms with Gasteiger partial charge in [0.15, 0.2) is 5.69 Å². The summed E-state index contributed by atoms with van der Waals surface area (Å²) in [6.45, 7) is 5.24. The summed E-state index contributed by atoms with van der Waals surface area (Å²) in [5, 5.41) is 7.60. The fourth-order valence-corrected chi connectivity index (χ4v) is 4.16. The van der Waals surface area contributed by atoms with E-state index in [0.29, 0.717) is 11.5 Å². The number of carbonyl (C=O) groups excluding carboxylic acids is 1. The number of hydrogen-bond donors (Lipinski definition) is 1. The van der Waals surface area contributed by atoms with Gasteiger partial charge in [0, 0.05) is 24.3 Å². The fourth-order valence-electron chi connectivity index (χ4n) is 4.16. The Labute approximate surface area is 175 Å². The van der Waals surface area contributed by atoms with Crippen LogP contribution in [0.5, 0.6) is 0 Å². The van der Waals surface area contributed by atoms with Crippen molar-refractivity contribution in [3.63, 3.8) is 0 Å². The first-order valence-corrected chi connectivity index (χ1v) is 10.5. The van der Waals surface area contributed by atoms with Crippen molar-refractivity contribution in [2.45, 2.75) is 26.2 Å². The number of morpholine rings is 1. The minimum absolute atomic E-state index is 0.203. The average molecular weight is 403 g/mol. The molecule has 1 amide bonds. The van der Waals surface area contributed by atoms with E-state index < -0.39 is 0 Å². The van der Waals surface area contributed by atoms with Crippen LogP contribution in [0.2, 0.25) is 0 Å². The summed E-state index contributed by atoms with van der Waals surface area (Å²) in [6, 6.07) is 12.1. The number of anilines is 2. The standard InChI is InChI=1S/C23H25N5O2/c1-16-5-7-17(8-6-16)28-20-4-2-3-19(20)22(26-28)23(29)25-21-10-9-18(15-24-21)27-11-13-30-14-12-27/h5-10,15H,2-4,11-14H2,1H3,(H,24,25,29). The van der Waals surface area contributed by atoms with Crippen LogP contribution in [0.3, 0.4) is 0 Å². The molecule has 0 unspecified atom stereocenters. The molecule has 0 atom stereocenters. The minimum Gasteiger partial charge on any atom is -0.378 e. The molecule has 0 saturated carbocycles. The summed E-state index contributed by atoms with van der Waals surface area (Å²) >= 11 is 0. The van der Waals surface area contributed by atoms with Crippen molar-refractivity contribution in [1.82, 2.24) is 14.8 Å². The third-order valence-electron chi connectivity index (χ3n) is 5.79. The van der Waals surface area contributed by atoms with Crippen LogP contribution in [0, 0.1) is 6.92 Å². The number of amides is 1. The van der Waals surface area contributed by atoms with E-state index in [1.165, 1.54) is 5.56 Å². The molecule has 0 radical (unpaired) electrons. The Morgan fingerprint density at radius 2 is 1.80 bits per heavy atom. The van der Waals surface area contributed by atoms with Crippen molar-refractivity contribution >= 4 is 17.4 Å². The third-order valence-corrected chi connectivity index (χ3v) is 5.79. The van der Waals surface area contributed by atoms with Gasteiger partial charge in [-0.05, 0) is 50.5 Å². The third kappa shape index (κ3) is 3.57. The number of nitrogens with zero attached hydrogens (tertiary/aromatic N) is 4. The maximum Gasteiger partial charge on any atom is 0.277 e. The summed E-state index contributed by atoms with van der Waals surface area (Å²) in [4.78, 5) is 19.7. The number of benzene rings is 1. The number of aryl methyl sites for hydroxylation is 1. The van der Waals surface area contributed by atoms with Crippen molar-refractivity contribution in [3.8, 4) is 5.69 Å². The topological polar surface area (TPSA) is 72.3 Å². The molecule has 2 aromatic heterocycles. The van der Waals surface area contributed by atoms with Crippen LogP contribution in [-0.2, 0) is 17.6 Å². The van der Waals surface area contributed by atoms with Crippen LogP contribution in [0.15, 0.2) is 42.6 Å². The number of nitrogens with one attached hydrogen (secondary N) is 1. The lowest BCUT2D eigenvalue weighted by atomic mass is 10.2. The van der Waals surface area contributed by atoms with Crippen LogP contribution in [-0.4, -0.2) is 47.0 Å². The van der Waals surface area contributed by atoms with Crippen LogP contribution < -0.4 is 10.2 Å². The number of fused-ring (bicyclic) bond motifs is 1. The summed E-state index contributed by atoms with van der Waals surface area (Å²) in [5.41, 5.74) is 5.93. The lowest BCUT2D eigenvalue weighted by Crippen LogP contribution is -2.36. The monoisotopic (exact) mass is 403 g/mol. The number of pyridine rings is 1. The van der Waals surface area contributed by atoms with Crippen LogP contribution in [0.25, 0.3) is 5.69 Å². The van der Waals surface area contributed by atoms with Crippen LogP contribution >= 0.6 is 0 Å². The molecular weight excluding hydrogens is 378 g/mol. The first kappa shape index (κ1) is 18.8. The molecule has 1 saturated heterocycles. The molecule has 3 aromatic rings. The van der Waals surface area contributed by atoms with Crippen LogP contribution in [0.1, 0.15) is 33.7 Å². The van der Waals surface area contributed by atoms with Gasteiger partial charge in [-0.1, -0.05) is 17.7 Å². The first-order chi connectivity index (χ1) is 14.7. The van der Waals surface area contributed by atoms with Crippen molar-refractivity contribution in [2.75, 3.05) is 36.5 Å². The fraction of sp³-hybridized carbons (Fsp3) is 0.348. The summed E-state index contributed by atoms with van der Waals surface area (Å²) < 4.78 is 7.32. The van der Waals surface area contributed by atoms with Crippen molar-refractivity contribution in [3.05, 3.63) is 65.1 Å². The largest absolute Gasteiger partial charge is 0.378 e. The lowest BCUT2D eigenvalue weighted by molar-refractivity contribution is 0.102. The molecule has 1 fully saturated rings. The molecule has 0 spiro atoms. The Morgan fingerprint density at radius 3 is 2.53 bits per heavy atom. The number of rotatable bonds is 4. The molecule has 1 aromatic carbocycles. The Bertz CT molecular complexity index is 1050. The van der Waals surface area contributed by atoms with Crippen molar-refractivity contribution < 1.29 is 9.53 Å². The van der Waals surface area contributed by atoms with Crippen LogP contribution in [0.4, 0.5) is 11.5 Å². The van der Waals surface area contributed by atoms with E-state index in [1.807, 2.05) is 16.8 Å². The Kier molecular flexibility index (Phi) is 4.96. The molecule has 154 valence electrons. The van der Waals surface area contributed by atoms with E-state index in [9.17, 15) is 4.79 Å². The molecule has 3 heterocycles. The highest BCUT2D eigenvalue weighted by molar-refractivity contribution is 6.03. The van der Waals surface area contributed by atoms with E-state index in [1.54, 1.807) is 6.20 Å². The molecule has 7 heteroatoms. The highest BCUT2D eigenvalue weighted by atomic mass is 16.5. The Hall–Kier alpha value is -3.19. The molecule has 0 bridgehead atoms. The Balaban J connectivity index is 1.36. The molecule has 7 nitrogen and oxygen atoms in total. The number of ether oxygens (including phenoxy) is 1. The maximum atomic E-state index is 13.0. The second-order valence-corrected chi connectivity index (χ2v) is 7.83. The number of aromatic nitrogens is 3. The second kappa shape index (κ2) is 7.91. The molecule has 2 aliphatic rings. The SMILES string of the molecule is Cc1ccc(-n2nc(C(=O)Nc3ccc(N4CCOCC4)cn3)c3c2CCC3)cc1. The molecule has 1 aliphatic carbocycles. The van der Waals surface area contributed by atoms with Gasteiger partial charge < -0.3 is 15.0 Å². The second-order valence-electron chi connectivity index (χ2n) is 7.83. The van der Waals surface area contributed by atoms with E-state index in [4.69, 9.17) is 4.74 Å². The highest BCUT2D eigenvalue weighted by Gasteiger charge is 2.27. The van der Waals surface area contributed by atoms with Crippen molar-refractivity contribution in [2.24, 2.45) is 0 Å². The number of hydrogen-bond acceptors (Lipinski definition) is 5. The number of carbonyl (C=O) groups is 1. The van der Waals surface area contributed by atoms with Gasteiger partial charge in [-0.15, -0.1) is 0 Å². The molecule has 5 rings (SSSR count). The Morgan fingerprint density at radius 1 is 1.03 bits per heavy atom. The predicted octanol–water partition coefficient (Wildman–Crippen LogP) is 3.15. The molecule has 30 heavy (non-hydrogen) atoms. The van der Waals surface area contributed by atoms with E-state index in [2.05, 4.69) is 51.5 Å². The maximum absolute atomic E-state index is 13.0. The quantitative estimate of drug-likeness (QED) is 0.725. The minimum atomic E-state index is -0.203. The zero-order chi connectivity index (χ0) is 20.5. The molecular formula is C23H25N5O2. The summed E-state index contributed by atoms with van der Waals surface area (Å²) in [7, 11) is 0. The van der Waals surface area contributed by atoms with E-state index in [-0.39, 0.29) is 5.91 Å². The van der Waals surface area contributed by atoms with Gasteiger partial charge in [-0.25, -0.2) is 9.67 Å². The van der Waals surface area contributed by atoms with Gasteiger partial charge in [0.25, 0.3) is 5.91 Å².